The minimum Gasteiger partial charge on any atom is -0.331 e. The van der Waals surface area contributed by atoms with Crippen LogP contribution in [0.2, 0.25) is 0 Å². The molecule has 2 aliphatic rings. The Morgan fingerprint density at radius 3 is 2.61 bits per heavy atom. The van der Waals surface area contributed by atoms with Crippen LogP contribution in [-0.2, 0) is 9.59 Å². The fourth-order valence-corrected chi connectivity index (χ4v) is 3.92. The van der Waals surface area contributed by atoms with Crippen molar-refractivity contribution in [2.75, 3.05) is 13.6 Å². The van der Waals surface area contributed by atoms with E-state index in [2.05, 4.69) is 18.0 Å². The van der Waals surface area contributed by atoms with E-state index in [-0.39, 0.29) is 29.7 Å². The number of likely N-dealkylation sites (tertiary alicyclic amines) is 1. The molecule has 0 saturated carbocycles. The third-order valence-corrected chi connectivity index (χ3v) is 5.04. The van der Waals surface area contributed by atoms with Crippen molar-refractivity contribution in [2.45, 2.75) is 51.6 Å². The van der Waals surface area contributed by atoms with Gasteiger partial charge < -0.3 is 10.2 Å². The first kappa shape index (κ1) is 17.7. The maximum atomic E-state index is 13.0. The number of Topliss-reactive ketones (excluding diaryl/α,β-unsaturated/α-hetero) is 1. The van der Waals surface area contributed by atoms with Crippen molar-refractivity contribution in [2.24, 2.45) is 5.92 Å². The van der Waals surface area contributed by atoms with Crippen molar-refractivity contribution in [3.8, 4) is 0 Å². The molecule has 2 rings (SSSR count). The van der Waals surface area contributed by atoms with E-state index in [9.17, 15) is 9.59 Å². The number of carbonyl (C=O) groups excluding carboxylic acids is 2. The molecule has 0 radical (unpaired) electrons. The predicted octanol–water partition coefficient (Wildman–Crippen LogP) is 2.62. The SMILES string of the molecule is C=CC1=C(/C=C\C)CC(C(NC)C(=O)N2CCCC2C(C)=O)C1. The van der Waals surface area contributed by atoms with Gasteiger partial charge >= 0.3 is 0 Å². The number of likely N-dealkylation sites (N-methyl/N-ethyl adjacent to an activating group) is 1. The number of hydrogen-bond donors (Lipinski definition) is 1. The molecule has 126 valence electrons. The first-order chi connectivity index (χ1) is 11.0. The maximum absolute atomic E-state index is 13.0. The van der Waals surface area contributed by atoms with E-state index in [1.165, 1.54) is 11.1 Å². The van der Waals surface area contributed by atoms with Crippen LogP contribution in [0.4, 0.5) is 0 Å². The summed E-state index contributed by atoms with van der Waals surface area (Å²) < 4.78 is 0. The second-order valence-corrected chi connectivity index (χ2v) is 6.49. The molecular weight excluding hydrogens is 288 g/mol. The molecule has 3 unspecified atom stereocenters. The van der Waals surface area contributed by atoms with Gasteiger partial charge in [0, 0.05) is 6.54 Å². The average Bonchev–Trinajstić information content (AvgIpc) is 3.15. The smallest absolute Gasteiger partial charge is 0.240 e. The van der Waals surface area contributed by atoms with Gasteiger partial charge in [-0.1, -0.05) is 24.8 Å². The van der Waals surface area contributed by atoms with Crippen LogP contribution in [0.5, 0.6) is 0 Å². The number of nitrogens with one attached hydrogen (secondary N) is 1. The fraction of sp³-hybridized carbons (Fsp3) is 0.579. The van der Waals surface area contributed by atoms with E-state index in [0.717, 1.165) is 25.7 Å². The van der Waals surface area contributed by atoms with Crippen LogP contribution < -0.4 is 5.32 Å². The van der Waals surface area contributed by atoms with E-state index < -0.39 is 0 Å². The van der Waals surface area contributed by atoms with E-state index in [1.807, 2.05) is 26.1 Å². The molecule has 1 aliphatic heterocycles. The highest BCUT2D eigenvalue weighted by Crippen LogP contribution is 2.36. The molecule has 4 heteroatoms. The third-order valence-electron chi connectivity index (χ3n) is 5.04. The van der Waals surface area contributed by atoms with E-state index in [0.29, 0.717) is 6.54 Å². The number of rotatable bonds is 6. The summed E-state index contributed by atoms with van der Waals surface area (Å²) in [6.45, 7) is 8.18. The molecule has 23 heavy (non-hydrogen) atoms. The van der Waals surface area contributed by atoms with Crippen molar-refractivity contribution in [3.63, 3.8) is 0 Å². The molecular formula is C19H28N2O2. The molecule has 1 amide bonds. The number of carbonyl (C=O) groups is 2. The number of amides is 1. The third kappa shape index (κ3) is 3.63. The maximum Gasteiger partial charge on any atom is 0.240 e. The first-order valence-corrected chi connectivity index (χ1v) is 8.48. The molecule has 0 spiro atoms. The monoisotopic (exact) mass is 316 g/mol. The quantitative estimate of drug-likeness (QED) is 0.819. The van der Waals surface area contributed by atoms with Gasteiger partial charge in [-0.2, -0.15) is 0 Å². The summed E-state index contributed by atoms with van der Waals surface area (Å²) in [4.78, 5) is 26.6. The van der Waals surface area contributed by atoms with Crippen molar-refractivity contribution < 1.29 is 9.59 Å². The lowest BCUT2D eigenvalue weighted by Gasteiger charge is -2.30. The minimum absolute atomic E-state index is 0.0698. The van der Waals surface area contributed by atoms with Crippen LogP contribution in [0.25, 0.3) is 0 Å². The Kier molecular flexibility index (Phi) is 5.94. The van der Waals surface area contributed by atoms with Crippen LogP contribution in [0, 0.1) is 5.92 Å². The Morgan fingerprint density at radius 1 is 1.35 bits per heavy atom. The Labute approximate surface area is 139 Å². The second-order valence-electron chi connectivity index (χ2n) is 6.49. The van der Waals surface area contributed by atoms with E-state index in [1.54, 1.807) is 11.8 Å². The predicted molar refractivity (Wildman–Crippen MR) is 93.0 cm³/mol. The molecule has 3 atom stereocenters. The lowest BCUT2D eigenvalue weighted by molar-refractivity contribution is -0.139. The normalized spacial score (nSPS) is 26.1. The Balaban J connectivity index is 2.13. The molecule has 0 bridgehead atoms. The number of hydrogen-bond acceptors (Lipinski definition) is 3. The standard InChI is InChI=1S/C19H28N2O2/c1-5-8-15-12-16(11-14(15)6-2)18(20-4)19(23)21-10-7-9-17(21)13(3)22/h5-6,8,16-18,20H,2,7,9-12H2,1,3-4H3/b8-5-. The van der Waals surface area contributed by atoms with Crippen LogP contribution in [0.1, 0.15) is 39.5 Å². The Hall–Kier alpha value is -1.68. The summed E-state index contributed by atoms with van der Waals surface area (Å²) in [6, 6.07) is -0.478. The van der Waals surface area contributed by atoms with Crippen molar-refractivity contribution in [3.05, 3.63) is 36.0 Å². The van der Waals surface area contributed by atoms with Gasteiger partial charge in [-0.3, -0.25) is 9.59 Å². The highest BCUT2D eigenvalue weighted by Gasteiger charge is 2.39. The number of ketones is 1. The Morgan fingerprint density at radius 2 is 2.04 bits per heavy atom. The molecule has 1 N–H and O–H groups in total. The van der Waals surface area contributed by atoms with E-state index >= 15 is 0 Å². The highest BCUT2D eigenvalue weighted by molar-refractivity contribution is 5.90. The van der Waals surface area contributed by atoms with Gasteiger partial charge in [-0.05, 0) is 63.6 Å². The zero-order valence-electron chi connectivity index (χ0n) is 14.5. The lowest BCUT2D eigenvalue weighted by Crippen LogP contribution is -2.51. The summed E-state index contributed by atoms with van der Waals surface area (Å²) in [7, 11) is 1.84. The first-order valence-electron chi connectivity index (χ1n) is 8.48. The molecule has 4 nitrogen and oxygen atoms in total. The van der Waals surface area contributed by atoms with Gasteiger partial charge in [0.25, 0.3) is 0 Å². The number of allylic oxidation sites excluding steroid dienone is 5. The molecule has 1 heterocycles. The van der Waals surface area contributed by atoms with Gasteiger partial charge in [-0.15, -0.1) is 0 Å². The average molecular weight is 316 g/mol. The zero-order chi connectivity index (χ0) is 17.0. The van der Waals surface area contributed by atoms with Crippen LogP contribution >= 0.6 is 0 Å². The van der Waals surface area contributed by atoms with Crippen LogP contribution in [0.3, 0.4) is 0 Å². The highest BCUT2D eigenvalue weighted by atomic mass is 16.2. The van der Waals surface area contributed by atoms with Gasteiger partial charge in [0.1, 0.15) is 0 Å². The topological polar surface area (TPSA) is 49.4 Å². The molecule has 0 aromatic rings. The van der Waals surface area contributed by atoms with Crippen molar-refractivity contribution in [1.29, 1.82) is 0 Å². The lowest BCUT2D eigenvalue weighted by atomic mass is 9.93. The van der Waals surface area contributed by atoms with Gasteiger partial charge in [0.15, 0.2) is 5.78 Å². The molecule has 1 aliphatic carbocycles. The van der Waals surface area contributed by atoms with Crippen molar-refractivity contribution >= 4 is 11.7 Å². The summed E-state index contributed by atoms with van der Waals surface area (Å²) in [5.74, 6) is 0.386. The molecule has 0 aromatic heterocycles. The van der Waals surface area contributed by atoms with Gasteiger partial charge in [0.05, 0.1) is 12.1 Å². The molecule has 1 saturated heterocycles. The minimum atomic E-state index is -0.243. The Bertz CT molecular complexity index is 548. The second kappa shape index (κ2) is 7.73. The van der Waals surface area contributed by atoms with E-state index in [4.69, 9.17) is 0 Å². The van der Waals surface area contributed by atoms with Gasteiger partial charge in [-0.25, -0.2) is 0 Å². The summed E-state index contributed by atoms with van der Waals surface area (Å²) in [5.41, 5.74) is 2.50. The van der Waals surface area contributed by atoms with Crippen LogP contribution in [0.15, 0.2) is 36.0 Å². The molecule has 1 fully saturated rings. The largest absolute Gasteiger partial charge is 0.331 e. The summed E-state index contributed by atoms with van der Waals surface area (Å²) in [6.07, 6.45) is 9.49. The molecule has 0 aromatic carbocycles. The summed E-state index contributed by atoms with van der Waals surface area (Å²) >= 11 is 0. The van der Waals surface area contributed by atoms with Crippen LogP contribution in [-0.4, -0.2) is 42.3 Å². The number of nitrogens with zero attached hydrogens (tertiary/aromatic N) is 1. The fourth-order valence-electron chi connectivity index (χ4n) is 3.92. The van der Waals surface area contributed by atoms with Gasteiger partial charge in [0.2, 0.25) is 5.91 Å². The van der Waals surface area contributed by atoms with Crippen molar-refractivity contribution in [1.82, 2.24) is 10.2 Å². The summed E-state index contributed by atoms with van der Waals surface area (Å²) in [5, 5.41) is 3.20. The zero-order valence-corrected chi connectivity index (χ0v) is 14.5.